The first-order valence-electron chi connectivity index (χ1n) is 33.0. The Balaban J connectivity index is 1.88. The molecule has 5 N–H and O–H groups in total. The molecule has 0 aliphatic carbocycles. The van der Waals surface area contributed by atoms with E-state index in [0.29, 0.717) is 55.1 Å². The van der Waals surface area contributed by atoms with Gasteiger partial charge in [-0.25, -0.2) is 4.39 Å². The molecule has 0 aromatic heterocycles. The second kappa shape index (κ2) is 36.1. The van der Waals surface area contributed by atoms with Crippen molar-refractivity contribution >= 4 is 82.5 Å². The summed E-state index contributed by atoms with van der Waals surface area (Å²) < 4.78 is 55.9. The Kier molecular flexibility index (Phi) is 30.3. The fraction of sp³-hybridized carbons (Fsp3) is 0.647. The van der Waals surface area contributed by atoms with Crippen molar-refractivity contribution in [2.75, 3.05) is 75.0 Å². The number of carbonyl (C=O) groups is 12. The van der Waals surface area contributed by atoms with Crippen LogP contribution in [0.2, 0.25) is 5.02 Å². The molecule has 0 spiro atoms. The highest BCUT2D eigenvalue weighted by atomic mass is 35.5. The van der Waals surface area contributed by atoms with E-state index >= 15 is 0 Å². The van der Waals surface area contributed by atoms with Crippen LogP contribution in [0.3, 0.4) is 0 Å². The van der Waals surface area contributed by atoms with Crippen molar-refractivity contribution in [1.82, 2.24) is 60.9 Å². The lowest BCUT2D eigenvalue weighted by Crippen LogP contribution is -2.63. The van der Waals surface area contributed by atoms with Gasteiger partial charge in [0.05, 0.1) is 31.6 Å². The molecule has 12 amide bonds. The summed E-state index contributed by atoms with van der Waals surface area (Å²) in [4.78, 5) is 182. The van der Waals surface area contributed by atoms with Crippen molar-refractivity contribution in [3.05, 3.63) is 70.0 Å². The number of rotatable bonds is 14. The van der Waals surface area contributed by atoms with E-state index in [1.807, 2.05) is 13.8 Å². The van der Waals surface area contributed by atoms with E-state index in [1.54, 1.807) is 65.8 Å². The molecule has 540 valence electrons. The van der Waals surface area contributed by atoms with Gasteiger partial charge in [-0.05, 0) is 118 Å². The number of nitrogens with one attached hydrogen (secondary N) is 5. The van der Waals surface area contributed by atoms with Crippen molar-refractivity contribution in [2.24, 2.45) is 23.7 Å². The van der Waals surface area contributed by atoms with Crippen molar-refractivity contribution in [3.63, 3.8) is 0 Å². The Morgan fingerprint density at radius 2 is 1.13 bits per heavy atom. The van der Waals surface area contributed by atoms with Gasteiger partial charge in [-0.15, -0.1) is 0 Å². The maximum absolute atomic E-state index is 15.0. The van der Waals surface area contributed by atoms with E-state index in [1.165, 1.54) is 61.0 Å². The summed E-state index contributed by atoms with van der Waals surface area (Å²) in [6.07, 6.45) is -4.82. The average Bonchev–Trinajstić information content (AvgIpc) is 0.965. The third kappa shape index (κ3) is 23.4. The van der Waals surface area contributed by atoms with E-state index in [2.05, 4.69) is 26.6 Å². The molecule has 4 rings (SSSR count). The Morgan fingerprint density at radius 1 is 0.598 bits per heavy atom. The van der Waals surface area contributed by atoms with E-state index in [4.69, 9.17) is 11.6 Å². The molecule has 1 unspecified atom stereocenters. The summed E-state index contributed by atoms with van der Waals surface area (Å²) in [5, 5.41) is 13.9. The molecule has 2 aromatic carbocycles. The quantitative estimate of drug-likeness (QED) is 0.163. The maximum atomic E-state index is 15.0. The molecule has 0 saturated carbocycles. The molecule has 8 atom stereocenters. The topological polar surface area (TPSA) is 288 Å². The third-order valence-electron chi connectivity index (χ3n) is 17.9. The van der Waals surface area contributed by atoms with Crippen LogP contribution < -0.4 is 26.6 Å². The number of alkyl halides is 3. The zero-order valence-electron chi connectivity index (χ0n) is 58.9. The largest absolute Gasteiger partial charge is 0.419 e. The number of nitrogens with zero attached hydrogens (tertiary/aromatic N) is 7. The van der Waals surface area contributed by atoms with Gasteiger partial charge in [0.25, 0.3) is 0 Å². The first-order chi connectivity index (χ1) is 45.1. The van der Waals surface area contributed by atoms with Gasteiger partial charge in [-0.2, -0.15) is 13.2 Å². The molecule has 2 fully saturated rings. The predicted molar refractivity (Wildman–Crippen MR) is 356 cm³/mol. The van der Waals surface area contributed by atoms with E-state index in [-0.39, 0.29) is 55.4 Å². The first kappa shape index (κ1) is 81.5. The van der Waals surface area contributed by atoms with Gasteiger partial charge in [0, 0.05) is 66.8 Å². The number of hydrogen-bond donors (Lipinski definition) is 5. The fourth-order valence-electron chi connectivity index (χ4n) is 11.4. The number of amides is 12. The van der Waals surface area contributed by atoms with Gasteiger partial charge in [0.15, 0.2) is 0 Å². The molecule has 0 bridgehead atoms. The monoisotopic (exact) mass is 1390 g/mol. The molecular formula is C68H101ClF4N12O12. The van der Waals surface area contributed by atoms with Gasteiger partial charge >= 0.3 is 6.18 Å². The maximum Gasteiger partial charge on any atom is 0.419 e. The number of carbonyl (C=O) groups excluding carboxylic acids is 12. The standard InChI is InChI=1S/C68H101ClF4N12O12/c1-17-42(8)58-65(96)81(13)37-56(88)79(11)38-57(89)83(15)53(34-44-20-24-45(69)25-21-44)64(95)80(12)36-54(86)74-48(27-23-43-22-26-46(47(70)33-43)68(71,72)73)59(90)75-50(31-40(4)5)62(93)84(16)67(9,10)66(97)77-49(30-39(2)3)60(91)76-51(63(94)85-28-18-19-29-85)35-55(87)82(14)52(32-41(6)7)61(92)78-58/h20-22,24-26,33,39-42,48-53,58H,17-19,23,27-32,34-38H2,1-16H3,(H,74,86)(H,75,90)(H,76,91)(H,77,97)(H,78,92)/t42-,48-,49-,50-,51?,52-,53-,58-/m0/s1. The van der Waals surface area contributed by atoms with E-state index in [0.717, 1.165) is 35.5 Å². The molecule has 29 heteroatoms. The van der Waals surface area contributed by atoms with E-state index < -0.39 is 175 Å². The number of halogens is 5. The van der Waals surface area contributed by atoms with Crippen LogP contribution in [-0.4, -0.2) is 228 Å². The lowest BCUT2D eigenvalue weighted by molar-refractivity contribution is -0.148. The summed E-state index contributed by atoms with van der Waals surface area (Å²) in [5.41, 5.74) is -2.84. The molecular weight excluding hydrogens is 1290 g/mol. The van der Waals surface area contributed by atoms with Crippen LogP contribution in [0.4, 0.5) is 17.6 Å². The lowest BCUT2D eigenvalue weighted by atomic mass is 9.95. The SMILES string of the molecule is CC[C@H](C)[C@@H]1NC(=O)[C@H](CC(C)C)N(C)C(=O)CC(C(=O)N2CCCC2)NC(=O)[C@H](CC(C)C)NC(=O)C(C)(C)N(C)C(=O)[C@H](CC(C)C)NC(=O)[C@H](CCc2ccc(C(F)(F)F)c(F)c2)NC(=O)CN(C)C(=O)[C@H](Cc2ccc(Cl)cc2)N(C)C(=O)CN(C)C(=O)CN(C)C1=O. The zero-order valence-corrected chi connectivity index (χ0v) is 59.7. The highest BCUT2D eigenvalue weighted by Gasteiger charge is 2.44. The molecule has 0 radical (unpaired) electrons. The molecule has 2 heterocycles. The number of benzene rings is 2. The zero-order chi connectivity index (χ0) is 73.3. The number of aryl methyl sites for hydroxylation is 1. The second-order valence-corrected chi connectivity index (χ2v) is 28.0. The van der Waals surface area contributed by atoms with Crippen molar-refractivity contribution in [2.45, 2.75) is 187 Å². The lowest BCUT2D eigenvalue weighted by Gasteiger charge is -2.38. The Labute approximate surface area is 572 Å². The van der Waals surface area contributed by atoms with Crippen LogP contribution in [0, 0.1) is 29.5 Å². The third-order valence-corrected chi connectivity index (χ3v) is 18.2. The van der Waals surface area contributed by atoms with Crippen LogP contribution in [-0.2, 0) is 76.6 Å². The second-order valence-electron chi connectivity index (χ2n) is 27.6. The van der Waals surface area contributed by atoms with Gasteiger partial charge in [-0.1, -0.05) is 91.6 Å². The van der Waals surface area contributed by atoms with Gasteiger partial charge in [-0.3, -0.25) is 57.5 Å². The fourth-order valence-corrected chi connectivity index (χ4v) is 11.5. The molecule has 2 saturated heterocycles. The Bertz CT molecular complexity index is 3150. The van der Waals surface area contributed by atoms with Gasteiger partial charge in [0.1, 0.15) is 53.6 Å². The highest BCUT2D eigenvalue weighted by molar-refractivity contribution is 6.30. The van der Waals surface area contributed by atoms with Crippen molar-refractivity contribution < 1.29 is 75.1 Å². The van der Waals surface area contributed by atoms with E-state index in [9.17, 15) is 75.1 Å². The van der Waals surface area contributed by atoms with Crippen LogP contribution in [0.1, 0.15) is 137 Å². The number of likely N-dealkylation sites (tertiary alicyclic amines) is 1. The Hall–Kier alpha value is -7.91. The van der Waals surface area contributed by atoms with Gasteiger partial charge in [0.2, 0.25) is 70.9 Å². The summed E-state index contributed by atoms with van der Waals surface area (Å²) in [5.74, 6) is -12.4. The molecule has 2 aliphatic rings. The first-order valence-corrected chi connectivity index (χ1v) is 33.4. The summed E-state index contributed by atoms with van der Waals surface area (Å²) in [6.45, 7) is 15.7. The van der Waals surface area contributed by atoms with Crippen LogP contribution in [0.25, 0.3) is 0 Å². The van der Waals surface area contributed by atoms with Gasteiger partial charge < -0.3 is 60.9 Å². The van der Waals surface area contributed by atoms with Crippen molar-refractivity contribution in [3.8, 4) is 0 Å². The smallest absolute Gasteiger partial charge is 0.343 e. The average molecular weight is 1390 g/mol. The van der Waals surface area contributed by atoms with Crippen LogP contribution in [0.5, 0.6) is 0 Å². The number of likely N-dealkylation sites (N-methyl/N-ethyl adjacent to an activating group) is 6. The van der Waals surface area contributed by atoms with Crippen LogP contribution >= 0.6 is 11.6 Å². The summed E-state index contributed by atoms with van der Waals surface area (Å²) in [6, 6.07) is -1.25. The van der Waals surface area contributed by atoms with Crippen molar-refractivity contribution in [1.29, 1.82) is 0 Å². The minimum absolute atomic E-state index is 0.000538. The molecule has 2 aliphatic heterocycles. The minimum atomic E-state index is -5.03. The normalized spacial score (nSPS) is 23.6. The predicted octanol–water partition coefficient (Wildman–Crippen LogP) is 4.57. The Morgan fingerprint density at radius 3 is 1.69 bits per heavy atom. The number of hydrogen-bond acceptors (Lipinski definition) is 12. The molecule has 24 nitrogen and oxygen atoms in total. The summed E-state index contributed by atoms with van der Waals surface area (Å²) >= 11 is 6.20. The minimum Gasteiger partial charge on any atom is -0.343 e. The molecule has 2 aromatic rings. The van der Waals surface area contributed by atoms with Crippen LogP contribution in [0.15, 0.2) is 42.5 Å². The highest BCUT2D eigenvalue weighted by Crippen LogP contribution is 2.32. The molecule has 97 heavy (non-hydrogen) atoms. The summed E-state index contributed by atoms with van der Waals surface area (Å²) in [7, 11) is 7.88.